The number of amides is 4. The highest BCUT2D eigenvalue weighted by Gasteiger charge is 2.67. The lowest BCUT2D eigenvalue weighted by Crippen LogP contribution is -2.49. The number of para-hydroxylation sites is 2. The summed E-state index contributed by atoms with van der Waals surface area (Å²) in [7, 11) is 0. The summed E-state index contributed by atoms with van der Waals surface area (Å²) in [6.45, 7) is 1.92. The highest BCUT2D eigenvalue weighted by Crippen LogP contribution is 2.64. The molecule has 45 heavy (non-hydrogen) atoms. The molecule has 4 aliphatic rings. The number of benzene rings is 2. The van der Waals surface area contributed by atoms with Crippen LogP contribution in [0.2, 0.25) is 0 Å². The number of aliphatic hydroxyl groups is 1. The third kappa shape index (κ3) is 5.05. The molecule has 0 spiro atoms. The van der Waals surface area contributed by atoms with E-state index in [1.807, 2.05) is 37.3 Å². The maximum atomic E-state index is 14.5. The first-order valence-corrected chi connectivity index (χ1v) is 15.7. The molecule has 4 amide bonds. The van der Waals surface area contributed by atoms with E-state index in [-0.39, 0.29) is 56.2 Å². The molecule has 0 unspecified atom stereocenters. The molecule has 10 nitrogen and oxygen atoms in total. The summed E-state index contributed by atoms with van der Waals surface area (Å²) in [5.74, 6) is -4.47. The number of hydrogen-bond acceptors (Lipinski definition) is 7. The minimum atomic E-state index is -1.18. The summed E-state index contributed by atoms with van der Waals surface area (Å²) >= 11 is 0. The van der Waals surface area contributed by atoms with Crippen LogP contribution in [-0.2, 0) is 24.0 Å². The van der Waals surface area contributed by atoms with Crippen LogP contribution in [0.3, 0.4) is 0 Å². The van der Waals surface area contributed by atoms with E-state index in [2.05, 4.69) is 0 Å². The Bertz CT molecular complexity index is 1550. The van der Waals surface area contributed by atoms with Crippen molar-refractivity contribution in [3.05, 3.63) is 71.8 Å². The average Bonchev–Trinajstić information content (AvgIpc) is 3.39. The fourth-order valence-corrected chi connectivity index (χ4v) is 8.20. The van der Waals surface area contributed by atoms with Crippen molar-refractivity contribution in [2.45, 2.75) is 51.4 Å². The third-order valence-corrected chi connectivity index (χ3v) is 10.2. The molecule has 2 heterocycles. The van der Waals surface area contributed by atoms with Crippen LogP contribution >= 0.6 is 0 Å². The molecule has 236 valence electrons. The minimum absolute atomic E-state index is 0.0419. The highest BCUT2D eigenvalue weighted by molar-refractivity contribution is 6.24. The second-order valence-corrected chi connectivity index (χ2v) is 12.6. The molecule has 2 aliphatic heterocycles. The van der Waals surface area contributed by atoms with Crippen molar-refractivity contribution in [1.29, 1.82) is 0 Å². The number of nitrogens with zero attached hydrogens (tertiary/aromatic N) is 2. The van der Waals surface area contributed by atoms with Gasteiger partial charge in [-0.2, -0.15) is 0 Å². The first-order valence-electron chi connectivity index (χ1n) is 15.7. The monoisotopic (exact) mass is 614 g/mol. The van der Waals surface area contributed by atoms with E-state index >= 15 is 0 Å². The SMILES string of the molecule is C[C@@]12C(=O)N(c3ccccc3)C(=O)[C@@H]1C[C@@H]1C(=CC[C@@H]3C(=O)N(CCCCCC(=O)O)C(=O)[C@@H]31)[C@@H]2c1ccccc1OCCO. The summed E-state index contributed by atoms with van der Waals surface area (Å²) in [5, 5.41) is 18.4. The van der Waals surface area contributed by atoms with E-state index in [0.29, 0.717) is 42.7 Å². The smallest absolute Gasteiger partial charge is 0.303 e. The van der Waals surface area contributed by atoms with Crippen LogP contribution in [0, 0.1) is 29.1 Å². The zero-order valence-corrected chi connectivity index (χ0v) is 25.3. The van der Waals surface area contributed by atoms with E-state index in [1.165, 1.54) is 9.80 Å². The summed E-state index contributed by atoms with van der Waals surface area (Å²) in [5.41, 5.74) is 0.880. The Balaban J connectivity index is 1.40. The molecule has 6 atom stereocenters. The van der Waals surface area contributed by atoms with Gasteiger partial charge in [0.25, 0.3) is 0 Å². The van der Waals surface area contributed by atoms with Gasteiger partial charge in [-0.3, -0.25) is 28.9 Å². The quantitative estimate of drug-likeness (QED) is 0.220. The lowest BCUT2D eigenvalue weighted by Gasteiger charge is -2.49. The zero-order valence-electron chi connectivity index (χ0n) is 25.3. The van der Waals surface area contributed by atoms with Gasteiger partial charge < -0.3 is 14.9 Å². The summed E-state index contributed by atoms with van der Waals surface area (Å²) < 4.78 is 5.95. The Labute approximate surface area is 261 Å². The second kappa shape index (κ2) is 12.2. The van der Waals surface area contributed by atoms with Crippen molar-refractivity contribution in [3.8, 4) is 5.75 Å². The van der Waals surface area contributed by atoms with Crippen molar-refractivity contribution < 1.29 is 38.9 Å². The van der Waals surface area contributed by atoms with E-state index in [9.17, 15) is 29.1 Å². The van der Waals surface area contributed by atoms with E-state index < -0.39 is 41.0 Å². The lowest BCUT2D eigenvalue weighted by atomic mass is 9.51. The van der Waals surface area contributed by atoms with Crippen LogP contribution < -0.4 is 9.64 Å². The number of imide groups is 2. The largest absolute Gasteiger partial charge is 0.491 e. The number of fused-ring (bicyclic) bond motifs is 4. The number of likely N-dealkylation sites (tertiary alicyclic amines) is 1. The standard InChI is InChI=1S/C35H38N2O8/c1-35-26(32(42)37(34(35)44)21-10-4-2-5-11-21)20-25-22(30(35)23-12-7-8-13-27(23)45-19-18-38)15-16-24-29(25)33(43)36(31(24)41)17-9-3-6-14-28(39)40/h2,4-5,7-8,10-13,15,24-26,29-30,38H,3,6,9,14,16-20H2,1H3,(H,39,40)/t24-,25+,26-,29-,30+,35+/m0/s1. The van der Waals surface area contributed by atoms with Crippen LogP contribution in [-0.4, -0.2) is 64.5 Å². The molecule has 1 saturated carbocycles. The van der Waals surface area contributed by atoms with E-state index in [1.54, 1.807) is 30.3 Å². The van der Waals surface area contributed by atoms with E-state index in [0.717, 1.165) is 5.57 Å². The molecule has 2 aromatic carbocycles. The maximum absolute atomic E-state index is 14.5. The van der Waals surface area contributed by atoms with Gasteiger partial charge in [0.15, 0.2) is 0 Å². The van der Waals surface area contributed by atoms with Crippen LogP contribution in [0.25, 0.3) is 0 Å². The van der Waals surface area contributed by atoms with Crippen LogP contribution in [0.1, 0.15) is 56.9 Å². The first kappa shape index (κ1) is 30.7. The highest BCUT2D eigenvalue weighted by atomic mass is 16.5. The number of allylic oxidation sites excluding steroid dienone is 2. The molecule has 0 bridgehead atoms. The molecule has 2 N–H and O–H groups in total. The van der Waals surface area contributed by atoms with Gasteiger partial charge in [-0.1, -0.05) is 54.5 Å². The predicted octanol–water partition coefficient (Wildman–Crippen LogP) is 3.93. The van der Waals surface area contributed by atoms with Gasteiger partial charge in [0.05, 0.1) is 35.5 Å². The molecule has 0 radical (unpaired) electrons. The molecule has 3 fully saturated rings. The Morgan fingerprint density at radius 1 is 0.933 bits per heavy atom. The average molecular weight is 615 g/mol. The van der Waals surface area contributed by atoms with Crippen molar-refractivity contribution in [3.63, 3.8) is 0 Å². The van der Waals surface area contributed by atoms with Crippen LogP contribution in [0.15, 0.2) is 66.2 Å². The second-order valence-electron chi connectivity index (χ2n) is 12.6. The molecule has 2 aliphatic carbocycles. The molecule has 10 heteroatoms. The van der Waals surface area contributed by atoms with Gasteiger partial charge in [0, 0.05) is 24.4 Å². The third-order valence-electron chi connectivity index (χ3n) is 10.2. The maximum Gasteiger partial charge on any atom is 0.303 e. The molecule has 0 aromatic heterocycles. The van der Waals surface area contributed by atoms with Crippen LogP contribution in [0.4, 0.5) is 5.69 Å². The van der Waals surface area contributed by atoms with Gasteiger partial charge in [-0.25, -0.2) is 4.90 Å². The van der Waals surface area contributed by atoms with E-state index in [4.69, 9.17) is 9.84 Å². The predicted molar refractivity (Wildman–Crippen MR) is 163 cm³/mol. The Morgan fingerprint density at radius 2 is 1.67 bits per heavy atom. The number of anilines is 1. The molecular weight excluding hydrogens is 576 g/mol. The Morgan fingerprint density at radius 3 is 2.40 bits per heavy atom. The fourth-order valence-electron chi connectivity index (χ4n) is 8.20. The van der Waals surface area contributed by atoms with Crippen LogP contribution in [0.5, 0.6) is 5.75 Å². The summed E-state index contributed by atoms with van der Waals surface area (Å²) in [6, 6.07) is 16.2. The number of hydrogen-bond donors (Lipinski definition) is 2. The molecule has 2 aromatic rings. The van der Waals surface area contributed by atoms with Gasteiger partial charge in [-0.05, 0) is 56.7 Å². The number of ether oxygens (including phenoxy) is 1. The van der Waals surface area contributed by atoms with Gasteiger partial charge in [0.2, 0.25) is 23.6 Å². The summed E-state index contributed by atoms with van der Waals surface area (Å²) in [4.78, 5) is 69.8. The number of carboxylic acids is 1. The number of carboxylic acid groups (broad SMARTS) is 1. The number of aliphatic carboxylic acids is 1. The summed E-state index contributed by atoms with van der Waals surface area (Å²) in [6.07, 6.45) is 4.24. The minimum Gasteiger partial charge on any atom is -0.491 e. The zero-order chi connectivity index (χ0) is 31.9. The Hall–Kier alpha value is -4.31. The lowest BCUT2D eigenvalue weighted by molar-refractivity contribution is -0.141. The molecular formula is C35H38N2O8. The molecule has 2 saturated heterocycles. The van der Waals surface area contributed by atoms with Gasteiger partial charge in [0.1, 0.15) is 12.4 Å². The van der Waals surface area contributed by atoms with Gasteiger partial charge in [-0.15, -0.1) is 0 Å². The van der Waals surface area contributed by atoms with Crippen molar-refractivity contribution in [2.75, 3.05) is 24.7 Å². The number of carbonyl (C=O) groups excluding carboxylic acids is 4. The fraction of sp³-hybridized carbons (Fsp3) is 0.457. The number of carbonyl (C=O) groups is 5. The van der Waals surface area contributed by atoms with Crippen molar-refractivity contribution in [1.82, 2.24) is 4.90 Å². The van der Waals surface area contributed by atoms with Crippen molar-refractivity contribution >= 4 is 35.3 Å². The Kier molecular flexibility index (Phi) is 8.35. The first-order chi connectivity index (χ1) is 21.7. The topological polar surface area (TPSA) is 142 Å². The number of rotatable bonds is 11. The normalized spacial score (nSPS) is 28.9. The van der Waals surface area contributed by atoms with Crippen molar-refractivity contribution in [2.24, 2.45) is 29.1 Å². The number of aliphatic hydroxyl groups excluding tert-OH is 1. The van der Waals surface area contributed by atoms with Gasteiger partial charge >= 0.3 is 5.97 Å². The molecule has 6 rings (SSSR count). The number of unbranched alkanes of at least 4 members (excludes halogenated alkanes) is 2.